The molecule has 0 aliphatic carbocycles. The number of carbonyl (C=O) groups excluding carboxylic acids is 1. The Hall–Kier alpha value is -2.08. The molecule has 1 aromatic carbocycles. The molecule has 2 heterocycles. The Kier molecular flexibility index (Phi) is 5.58. The van der Waals surface area contributed by atoms with E-state index in [4.69, 9.17) is 4.74 Å². The molecular weight excluding hydrogens is 382 g/mol. The SMILES string of the molecule is Cc1ccccc1OC(C)C(=O)N1CCN(c2ccc(Br)cn2)CC1. The Morgan fingerprint density at radius 1 is 1.16 bits per heavy atom. The number of para-hydroxylation sites is 1. The number of carbonyl (C=O) groups is 1. The molecule has 1 amide bonds. The van der Waals surface area contributed by atoms with Crippen LogP contribution in [0.1, 0.15) is 12.5 Å². The van der Waals surface area contributed by atoms with E-state index in [9.17, 15) is 4.79 Å². The number of nitrogens with zero attached hydrogens (tertiary/aromatic N) is 3. The second-order valence-electron chi connectivity index (χ2n) is 6.17. The molecule has 1 unspecified atom stereocenters. The third-order valence-corrected chi connectivity index (χ3v) is 4.84. The number of pyridine rings is 1. The maximum atomic E-state index is 12.7. The lowest BCUT2D eigenvalue weighted by molar-refractivity contribution is -0.138. The molecule has 1 atom stereocenters. The van der Waals surface area contributed by atoms with Gasteiger partial charge in [0, 0.05) is 36.8 Å². The lowest BCUT2D eigenvalue weighted by atomic mass is 10.2. The van der Waals surface area contributed by atoms with Crippen LogP contribution in [0, 0.1) is 6.92 Å². The highest BCUT2D eigenvalue weighted by molar-refractivity contribution is 9.10. The number of anilines is 1. The fourth-order valence-electron chi connectivity index (χ4n) is 2.90. The van der Waals surface area contributed by atoms with Gasteiger partial charge in [-0.05, 0) is 53.5 Å². The first-order valence-electron chi connectivity index (χ1n) is 8.42. The summed E-state index contributed by atoms with van der Waals surface area (Å²) >= 11 is 3.40. The lowest BCUT2D eigenvalue weighted by Crippen LogP contribution is -2.52. The van der Waals surface area contributed by atoms with Crippen molar-refractivity contribution in [1.82, 2.24) is 9.88 Å². The zero-order chi connectivity index (χ0) is 17.8. The van der Waals surface area contributed by atoms with Crippen LogP contribution >= 0.6 is 15.9 Å². The first kappa shape index (κ1) is 17.7. The Labute approximate surface area is 156 Å². The monoisotopic (exact) mass is 403 g/mol. The highest BCUT2D eigenvalue weighted by atomic mass is 79.9. The van der Waals surface area contributed by atoms with Gasteiger partial charge in [0.2, 0.25) is 0 Å². The standard InChI is InChI=1S/C19H22BrN3O2/c1-14-5-3-4-6-17(14)25-15(2)19(24)23-11-9-22(10-12-23)18-8-7-16(20)13-21-18/h3-8,13,15H,9-12H2,1-2H3. The molecule has 0 spiro atoms. The number of benzene rings is 1. The van der Waals surface area contributed by atoms with E-state index in [0.717, 1.165) is 34.7 Å². The van der Waals surface area contributed by atoms with Crippen LogP contribution in [0.5, 0.6) is 5.75 Å². The topological polar surface area (TPSA) is 45.7 Å². The molecular formula is C19H22BrN3O2. The fraction of sp³-hybridized carbons (Fsp3) is 0.368. The predicted octanol–water partition coefficient (Wildman–Crippen LogP) is 3.27. The number of amides is 1. The van der Waals surface area contributed by atoms with Crippen molar-refractivity contribution in [3.05, 3.63) is 52.6 Å². The number of hydrogen-bond acceptors (Lipinski definition) is 4. The summed E-state index contributed by atoms with van der Waals surface area (Å²) in [4.78, 5) is 21.2. The van der Waals surface area contributed by atoms with Crippen LogP contribution in [0.3, 0.4) is 0 Å². The first-order valence-corrected chi connectivity index (χ1v) is 9.21. The number of hydrogen-bond donors (Lipinski definition) is 0. The average Bonchev–Trinajstić information content (AvgIpc) is 2.64. The minimum atomic E-state index is -0.488. The van der Waals surface area contributed by atoms with Gasteiger partial charge in [0.05, 0.1) is 0 Å². The van der Waals surface area contributed by atoms with E-state index in [1.54, 1.807) is 6.20 Å². The summed E-state index contributed by atoms with van der Waals surface area (Å²) in [6.45, 7) is 6.71. The highest BCUT2D eigenvalue weighted by Crippen LogP contribution is 2.20. The van der Waals surface area contributed by atoms with Crippen molar-refractivity contribution in [1.29, 1.82) is 0 Å². The summed E-state index contributed by atoms with van der Waals surface area (Å²) in [5.74, 6) is 1.74. The zero-order valence-corrected chi connectivity index (χ0v) is 16.1. The molecule has 5 nitrogen and oxygen atoms in total. The van der Waals surface area contributed by atoms with Crippen LogP contribution in [0.2, 0.25) is 0 Å². The van der Waals surface area contributed by atoms with Gasteiger partial charge in [0.15, 0.2) is 6.10 Å². The van der Waals surface area contributed by atoms with Crippen LogP contribution in [-0.4, -0.2) is 48.1 Å². The van der Waals surface area contributed by atoms with E-state index < -0.39 is 6.10 Å². The van der Waals surface area contributed by atoms with Crippen LogP contribution in [0.4, 0.5) is 5.82 Å². The Morgan fingerprint density at radius 3 is 2.52 bits per heavy atom. The van der Waals surface area contributed by atoms with Gasteiger partial charge in [-0.2, -0.15) is 0 Å². The first-order chi connectivity index (χ1) is 12.0. The molecule has 3 rings (SSSR count). The summed E-state index contributed by atoms with van der Waals surface area (Å²) in [6.07, 6.45) is 1.31. The smallest absolute Gasteiger partial charge is 0.263 e. The minimum absolute atomic E-state index is 0.0340. The van der Waals surface area contributed by atoms with Gasteiger partial charge in [-0.15, -0.1) is 0 Å². The number of halogens is 1. The summed E-state index contributed by atoms with van der Waals surface area (Å²) in [5, 5.41) is 0. The Bertz CT molecular complexity index is 728. The second-order valence-corrected chi connectivity index (χ2v) is 7.09. The quantitative estimate of drug-likeness (QED) is 0.785. The van der Waals surface area contributed by atoms with E-state index in [0.29, 0.717) is 13.1 Å². The summed E-state index contributed by atoms with van der Waals surface area (Å²) in [7, 11) is 0. The molecule has 0 saturated carbocycles. The van der Waals surface area contributed by atoms with E-state index in [2.05, 4.69) is 25.8 Å². The number of aryl methyl sites for hydroxylation is 1. The second kappa shape index (κ2) is 7.87. The molecule has 25 heavy (non-hydrogen) atoms. The van der Waals surface area contributed by atoms with Gasteiger partial charge in [-0.25, -0.2) is 4.98 Å². The van der Waals surface area contributed by atoms with Crippen molar-refractivity contribution in [2.75, 3.05) is 31.1 Å². The summed E-state index contributed by atoms with van der Waals surface area (Å²) in [6, 6.07) is 11.7. The largest absolute Gasteiger partial charge is 0.481 e. The maximum Gasteiger partial charge on any atom is 0.263 e. The third kappa shape index (κ3) is 4.31. The normalized spacial score (nSPS) is 15.8. The van der Waals surface area contributed by atoms with Crippen molar-refractivity contribution in [2.24, 2.45) is 0 Å². The van der Waals surface area contributed by atoms with Crippen molar-refractivity contribution in [3.8, 4) is 5.75 Å². The van der Waals surface area contributed by atoms with Crippen LogP contribution in [0.25, 0.3) is 0 Å². The number of aromatic nitrogens is 1. The molecule has 0 bridgehead atoms. The molecule has 0 N–H and O–H groups in total. The number of rotatable bonds is 4. The zero-order valence-electron chi connectivity index (χ0n) is 14.5. The van der Waals surface area contributed by atoms with E-state index in [1.165, 1.54) is 0 Å². The van der Waals surface area contributed by atoms with Gasteiger partial charge in [0.1, 0.15) is 11.6 Å². The van der Waals surface area contributed by atoms with Gasteiger partial charge in [-0.1, -0.05) is 18.2 Å². The molecule has 6 heteroatoms. The number of piperazine rings is 1. The van der Waals surface area contributed by atoms with Gasteiger partial charge < -0.3 is 14.5 Å². The third-order valence-electron chi connectivity index (χ3n) is 4.37. The molecule has 1 fully saturated rings. The molecule has 2 aromatic rings. The average molecular weight is 404 g/mol. The number of ether oxygens (including phenoxy) is 1. The summed E-state index contributed by atoms with van der Waals surface area (Å²) < 4.78 is 6.83. The van der Waals surface area contributed by atoms with Gasteiger partial charge in [-0.3, -0.25) is 4.79 Å². The summed E-state index contributed by atoms with van der Waals surface area (Å²) in [5.41, 5.74) is 1.04. The molecule has 1 aromatic heterocycles. The van der Waals surface area contributed by atoms with Crippen molar-refractivity contribution >= 4 is 27.7 Å². The lowest BCUT2D eigenvalue weighted by Gasteiger charge is -2.36. The maximum absolute atomic E-state index is 12.7. The van der Waals surface area contributed by atoms with Crippen molar-refractivity contribution in [2.45, 2.75) is 20.0 Å². The van der Waals surface area contributed by atoms with Crippen LogP contribution in [-0.2, 0) is 4.79 Å². The fourth-order valence-corrected chi connectivity index (χ4v) is 3.13. The van der Waals surface area contributed by atoms with Gasteiger partial charge >= 0.3 is 0 Å². The predicted molar refractivity (Wildman–Crippen MR) is 102 cm³/mol. The molecule has 1 aliphatic rings. The van der Waals surface area contributed by atoms with Gasteiger partial charge in [0.25, 0.3) is 5.91 Å². The van der Waals surface area contributed by atoms with Crippen LogP contribution < -0.4 is 9.64 Å². The van der Waals surface area contributed by atoms with E-state index in [-0.39, 0.29) is 5.91 Å². The van der Waals surface area contributed by atoms with Crippen LogP contribution in [0.15, 0.2) is 47.1 Å². The highest BCUT2D eigenvalue weighted by Gasteiger charge is 2.26. The molecule has 1 aliphatic heterocycles. The molecule has 132 valence electrons. The van der Waals surface area contributed by atoms with E-state index in [1.807, 2.05) is 55.1 Å². The van der Waals surface area contributed by atoms with Crippen molar-refractivity contribution < 1.29 is 9.53 Å². The van der Waals surface area contributed by atoms with E-state index >= 15 is 0 Å². The minimum Gasteiger partial charge on any atom is -0.481 e. The van der Waals surface area contributed by atoms with Crippen molar-refractivity contribution in [3.63, 3.8) is 0 Å². The Morgan fingerprint density at radius 2 is 1.88 bits per heavy atom. The Balaban J connectivity index is 1.56. The molecule has 1 saturated heterocycles. The molecule has 0 radical (unpaired) electrons.